The van der Waals surface area contributed by atoms with Crippen molar-refractivity contribution >= 4 is 39.0 Å². The van der Waals surface area contributed by atoms with Crippen LogP contribution in [0.15, 0.2) is 29.1 Å². The average Bonchev–Trinajstić information content (AvgIpc) is 2.56. The van der Waals surface area contributed by atoms with Gasteiger partial charge in [0, 0.05) is 19.4 Å². The number of rotatable bonds is 2. The summed E-state index contributed by atoms with van der Waals surface area (Å²) < 4.78 is 2.53. The minimum atomic E-state index is 0.596. The van der Waals surface area contributed by atoms with Gasteiger partial charge in [-0.2, -0.15) is 5.10 Å². The van der Waals surface area contributed by atoms with Gasteiger partial charge in [0.1, 0.15) is 5.82 Å². The third kappa shape index (κ3) is 2.49. The van der Waals surface area contributed by atoms with E-state index in [9.17, 15) is 0 Å². The first kappa shape index (κ1) is 10.4. The molecule has 1 N–H and O–H groups in total. The van der Waals surface area contributed by atoms with Crippen LogP contribution in [0.3, 0.4) is 0 Å². The van der Waals surface area contributed by atoms with Gasteiger partial charge in [0.25, 0.3) is 0 Å². The Morgan fingerprint density at radius 2 is 2.27 bits per heavy atom. The monoisotopic (exact) mass is 286 g/mol. The zero-order valence-electron chi connectivity index (χ0n) is 7.91. The highest BCUT2D eigenvalue weighted by Crippen LogP contribution is 2.25. The fraction of sp³-hybridized carbons (Fsp3) is 0.111. The lowest BCUT2D eigenvalue weighted by molar-refractivity contribution is 0.768. The molecule has 0 aliphatic heterocycles. The average molecular weight is 288 g/mol. The smallest absolute Gasteiger partial charge is 0.144 e. The summed E-state index contributed by atoms with van der Waals surface area (Å²) in [6, 6.07) is 1.78. The Hall–Kier alpha value is -1.07. The summed E-state index contributed by atoms with van der Waals surface area (Å²) in [6.07, 6.45) is 5.18. The van der Waals surface area contributed by atoms with Gasteiger partial charge in [-0.15, -0.1) is 0 Å². The highest BCUT2D eigenvalue weighted by Gasteiger charge is 2.03. The van der Waals surface area contributed by atoms with Crippen LogP contribution in [0.4, 0.5) is 11.5 Å². The Kier molecular flexibility index (Phi) is 2.93. The fourth-order valence-electron chi connectivity index (χ4n) is 1.13. The molecule has 0 aliphatic rings. The largest absolute Gasteiger partial charge is 0.337 e. The van der Waals surface area contributed by atoms with Crippen molar-refractivity contribution in [1.82, 2.24) is 14.8 Å². The van der Waals surface area contributed by atoms with Gasteiger partial charge in [0.2, 0.25) is 0 Å². The molecule has 78 valence electrons. The molecule has 0 saturated carbocycles. The van der Waals surface area contributed by atoms with Gasteiger partial charge in [0.15, 0.2) is 0 Å². The molecule has 0 bridgehead atoms. The Morgan fingerprint density at radius 1 is 1.47 bits per heavy atom. The van der Waals surface area contributed by atoms with Gasteiger partial charge in [0.05, 0.1) is 21.4 Å². The first-order chi connectivity index (χ1) is 7.15. The molecule has 0 radical (unpaired) electrons. The van der Waals surface area contributed by atoms with Gasteiger partial charge in [-0.25, -0.2) is 4.98 Å². The lowest BCUT2D eigenvalue weighted by atomic mass is 10.4. The van der Waals surface area contributed by atoms with Crippen LogP contribution in [-0.2, 0) is 7.05 Å². The van der Waals surface area contributed by atoms with Crippen molar-refractivity contribution in [2.45, 2.75) is 0 Å². The highest BCUT2D eigenvalue weighted by molar-refractivity contribution is 9.10. The van der Waals surface area contributed by atoms with Crippen LogP contribution < -0.4 is 5.32 Å². The van der Waals surface area contributed by atoms with E-state index in [1.54, 1.807) is 23.1 Å². The molecule has 2 rings (SSSR count). The molecule has 4 nitrogen and oxygen atoms in total. The number of pyridine rings is 1. The zero-order valence-corrected chi connectivity index (χ0v) is 10.2. The summed E-state index contributed by atoms with van der Waals surface area (Å²) in [5, 5.41) is 7.76. The summed E-state index contributed by atoms with van der Waals surface area (Å²) in [4.78, 5) is 4.16. The fourth-order valence-corrected chi connectivity index (χ4v) is 1.87. The normalized spacial score (nSPS) is 10.3. The van der Waals surface area contributed by atoms with E-state index in [4.69, 9.17) is 11.6 Å². The maximum atomic E-state index is 5.79. The summed E-state index contributed by atoms with van der Waals surface area (Å²) in [5.74, 6) is 0.715. The molecular formula is C9H8BrClN4. The first-order valence-electron chi connectivity index (χ1n) is 4.22. The number of anilines is 2. The molecule has 0 atom stereocenters. The van der Waals surface area contributed by atoms with E-state index in [2.05, 4.69) is 31.3 Å². The zero-order chi connectivity index (χ0) is 10.8. The van der Waals surface area contributed by atoms with Gasteiger partial charge < -0.3 is 5.32 Å². The van der Waals surface area contributed by atoms with Crippen molar-refractivity contribution < 1.29 is 0 Å². The molecule has 15 heavy (non-hydrogen) atoms. The van der Waals surface area contributed by atoms with Crippen molar-refractivity contribution in [1.29, 1.82) is 0 Å². The molecule has 0 spiro atoms. The SMILES string of the molecule is Cn1cc(Nc2ncc(Cl)cc2Br)cn1. The molecule has 6 heteroatoms. The van der Waals surface area contributed by atoms with Crippen LogP contribution in [0, 0.1) is 0 Å². The molecule has 0 unspecified atom stereocenters. The van der Waals surface area contributed by atoms with Crippen LogP contribution in [-0.4, -0.2) is 14.8 Å². The van der Waals surface area contributed by atoms with E-state index < -0.39 is 0 Å². The summed E-state index contributed by atoms with van der Waals surface area (Å²) >= 11 is 9.16. The van der Waals surface area contributed by atoms with E-state index in [1.807, 2.05) is 13.2 Å². The quantitative estimate of drug-likeness (QED) is 0.923. The van der Waals surface area contributed by atoms with Gasteiger partial charge >= 0.3 is 0 Å². The number of halogens is 2. The predicted octanol–water partition coefficient (Wildman–Crippen LogP) is 2.97. The van der Waals surface area contributed by atoms with E-state index in [0.29, 0.717) is 10.8 Å². The second kappa shape index (κ2) is 4.20. The van der Waals surface area contributed by atoms with Crippen LogP contribution in [0.2, 0.25) is 5.02 Å². The summed E-state index contributed by atoms with van der Waals surface area (Å²) in [7, 11) is 1.86. The van der Waals surface area contributed by atoms with Crippen molar-refractivity contribution in [3.05, 3.63) is 34.2 Å². The first-order valence-corrected chi connectivity index (χ1v) is 5.39. The van der Waals surface area contributed by atoms with Crippen molar-refractivity contribution in [2.75, 3.05) is 5.32 Å². The third-order valence-electron chi connectivity index (χ3n) is 1.78. The van der Waals surface area contributed by atoms with Crippen LogP contribution in [0.25, 0.3) is 0 Å². The Balaban J connectivity index is 2.24. The van der Waals surface area contributed by atoms with Crippen molar-refractivity contribution in [3.63, 3.8) is 0 Å². The maximum absolute atomic E-state index is 5.79. The van der Waals surface area contributed by atoms with E-state index >= 15 is 0 Å². The third-order valence-corrected chi connectivity index (χ3v) is 2.59. The molecule has 2 aromatic rings. The van der Waals surface area contributed by atoms with E-state index in [1.165, 1.54) is 0 Å². The molecular weight excluding hydrogens is 279 g/mol. The standard InChI is InChI=1S/C9H8BrClN4/c1-15-5-7(4-13-15)14-9-8(10)2-6(11)3-12-9/h2-5H,1H3,(H,12,14). The second-order valence-electron chi connectivity index (χ2n) is 3.01. The van der Waals surface area contributed by atoms with Crippen molar-refractivity contribution in [2.24, 2.45) is 7.05 Å². The van der Waals surface area contributed by atoms with Crippen LogP contribution >= 0.6 is 27.5 Å². The van der Waals surface area contributed by atoms with E-state index in [0.717, 1.165) is 10.2 Å². The van der Waals surface area contributed by atoms with Gasteiger partial charge in [-0.1, -0.05) is 11.6 Å². The van der Waals surface area contributed by atoms with Gasteiger partial charge in [-0.3, -0.25) is 4.68 Å². The molecule has 2 aromatic heterocycles. The Labute approximate surface area is 100 Å². The topological polar surface area (TPSA) is 42.7 Å². The number of hydrogen-bond acceptors (Lipinski definition) is 3. The van der Waals surface area contributed by atoms with Gasteiger partial charge in [-0.05, 0) is 22.0 Å². The predicted molar refractivity (Wildman–Crippen MR) is 63.4 cm³/mol. The lowest BCUT2D eigenvalue weighted by Gasteiger charge is -2.04. The number of hydrogen-bond donors (Lipinski definition) is 1. The molecule has 0 aliphatic carbocycles. The molecule has 0 amide bonds. The van der Waals surface area contributed by atoms with Crippen LogP contribution in [0.5, 0.6) is 0 Å². The van der Waals surface area contributed by atoms with Crippen LogP contribution in [0.1, 0.15) is 0 Å². The number of nitrogens with zero attached hydrogens (tertiary/aromatic N) is 3. The minimum absolute atomic E-state index is 0.596. The summed E-state index contributed by atoms with van der Waals surface area (Å²) in [6.45, 7) is 0. The molecule has 2 heterocycles. The molecule has 0 aromatic carbocycles. The Bertz CT molecular complexity index is 483. The maximum Gasteiger partial charge on any atom is 0.144 e. The number of aromatic nitrogens is 3. The van der Waals surface area contributed by atoms with E-state index in [-0.39, 0.29) is 0 Å². The number of nitrogens with one attached hydrogen (secondary N) is 1. The number of aryl methyl sites for hydroxylation is 1. The molecule has 0 fully saturated rings. The van der Waals surface area contributed by atoms with Crippen molar-refractivity contribution in [3.8, 4) is 0 Å². The summed E-state index contributed by atoms with van der Waals surface area (Å²) in [5.41, 5.74) is 0.882. The Morgan fingerprint density at radius 3 is 2.87 bits per heavy atom. The lowest BCUT2D eigenvalue weighted by Crippen LogP contribution is -1.93. The molecule has 0 saturated heterocycles. The minimum Gasteiger partial charge on any atom is -0.337 e. The second-order valence-corrected chi connectivity index (χ2v) is 4.30. The highest BCUT2D eigenvalue weighted by atomic mass is 79.9.